The number of ketones is 1. The first-order valence-electron chi connectivity index (χ1n) is 4.94. The first kappa shape index (κ1) is 10.1. The Morgan fingerprint density at radius 2 is 2.21 bits per heavy atom. The predicted molar refractivity (Wildman–Crippen MR) is 65.5 cm³/mol. The topological polar surface area (TPSA) is 17.1 Å². The number of hydrogen-bond acceptors (Lipinski definition) is 1. The number of rotatable bonds is 1. The molecular formula is C12H13IO. The Hall–Kier alpha value is -0.380. The van der Waals surface area contributed by atoms with Gasteiger partial charge in [0.05, 0.1) is 0 Å². The van der Waals surface area contributed by atoms with Crippen molar-refractivity contribution < 1.29 is 4.79 Å². The molecule has 0 aromatic heterocycles. The van der Waals surface area contributed by atoms with Crippen LogP contribution in [0.2, 0.25) is 0 Å². The summed E-state index contributed by atoms with van der Waals surface area (Å²) < 4.78 is 1.31. The molecule has 0 aliphatic heterocycles. The Balaban J connectivity index is 2.24. The zero-order chi connectivity index (χ0) is 10.1. The van der Waals surface area contributed by atoms with Crippen LogP contribution in [0.5, 0.6) is 0 Å². The van der Waals surface area contributed by atoms with Crippen LogP contribution in [-0.4, -0.2) is 5.78 Å². The van der Waals surface area contributed by atoms with E-state index in [4.69, 9.17) is 0 Å². The minimum absolute atomic E-state index is 0.422. The summed E-state index contributed by atoms with van der Waals surface area (Å²) in [5.41, 5.74) is 2.66. The van der Waals surface area contributed by atoms with Gasteiger partial charge in [0.25, 0.3) is 0 Å². The van der Waals surface area contributed by atoms with Gasteiger partial charge in [-0.1, -0.05) is 12.1 Å². The highest BCUT2D eigenvalue weighted by atomic mass is 127. The number of hydrogen-bond donors (Lipinski definition) is 0. The van der Waals surface area contributed by atoms with E-state index in [0.717, 1.165) is 19.3 Å². The second kappa shape index (κ2) is 4.01. The highest BCUT2D eigenvalue weighted by Crippen LogP contribution is 2.33. The molecule has 1 aromatic carbocycles. The van der Waals surface area contributed by atoms with Gasteiger partial charge < -0.3 is 0 Å². The lowest BCUT2D eigenvalue weighted by Gasteiger charge is -2.09. The van der Waals surface area contributed by atoms with Crippen molar-refractivity contribution in [1.82, 2.24) is 0 Å². The van der Waals surface area contributed by atoms with E-state index in [1.165, 1.54) is 14.7 Å². The van der Waals surface area contributed by atoms with Gasteiger partial charge in [-0.2, -0.15) is 0 Å². The fourth-order valence-electron chi connectivity index (χ4n) is 1.96. The van der Waals surface area contributed by atoms with Crippen LogP contribution in [0.3, 0.4) is 0 Å². The summed E-state index contributed by atoms with van der Waals surface area (Å²) in [4.78, 5) is 11.2. The van der Waals surface area contributed by atoms with Gasteiger partial charge in [-0.3, -0.25) is 4.79 Å². The highest BCUT2D eigenvalue weighted by molar-refractivity contribution is 14.1. The molecule has 0 N–H and O–H groups in total. The molecule has 1 unspecified atom stereocenters. The number of Topliss-reactive ketones (excluding diaryl/α,β-unsaturated/α-hetero) is 1. The Morgan fingerprint density at radius 1 is 1.43 bits per heavy atom. The van der Waals surface area contributed by atoms with Crippen molar-refractivity contribution in [3.05, 3.63) is 32.9 Å². The van der Waals surface area contributed by atoms with E-state index in [-0.39, 0.29) is 0 Å². The fourth-order valence-corrected chi connectivity index (χ4v) is 2.50. The normalized spacial score (nSPS) is 21.6. The second-order valence-electron chi connectivity index (χ2n) is 3.99. The van der Waals surface area contributed by atoms with Gasteiger partial charge >= 0.3 is 0 Å². The molecular weight excluding hydrogens is 287 g/mol. The molecule has 1 nitrogen and oxygen atoms in total. The van der Waals surface area contributed by atoms with Crippen molar-refractivity contribution in [3.63, 3.8) is 0 Å². The van der Waals surface area contributed by atoms with E-state index < -0.39 is 0 Å². The van der Waals surface area contributed by atoms with Gasteiger partial charge in [0.1, 0.15) is 5.78 Å². The molecule has 0 radical (unpaired) electrons. The summed E-state index contributed by atoms with van der Waals surface area (Å²) in [7, 11) is 0. The van der Waals surface area contributed by atoms with Gasteiger partial charge in [-0.25, -0.2) is 0 Å². The van der Waals surface area contributed by atoms with Crippen molar-refractivity contribution in [2.24, 2.45) is 0 Å². The van der Waals surface area contributed by atoms with Crippen molar-refractivity contribution in [2.75, 3.05) is 0 Å². The van der Waals surface area contributed by atoms with E-state index in [1.807, 2.05) is 0 Å². The predicted octanol–water partition coefficient (Wildman–Crippen LogP) is 3.44. The van der Waals surface area contributed by atoms with Crippen LogP contribution in [0.15, 0.2) is 18.2 Å². The molecule has 2 rings (SSSR count). The van der Waals surface area contributed by atoms with Crippen molar-refractivity contribution in [1.29, 1.82) is 0 Å². The molecule has 1 aliphatic rings. The van der Waals surface area contributed by atoms with E-state index in [0.29, 0.717) is 11.7 Å². The van der Waals surface area contributed by atoms with Crippen molar-refractivity contribution >= 4 is 28.4 Å². The first-order valence-corrected chi connectivity index (χ1v) is 6.02. The summed E-state index contributed by atoms with van der Waals surface area (Å²) in [6, 6.07) is 6.54. The third-order valence-corrected chi connectivity index (χ3v) is 4.08. The van der Waals surface area contributed by atoms with Gasteiger partial charge in [0, 0.05) is 16.4 Å². The van der Waals surface area contributed by atoms with Crippen molar-refractivity contribution in [2.45, 2.75) is 32.1 Å². The molecule has 1 fully saturated rings. The SMILES string of the molecule is Cc1ccc(C2CCC(=O)C2)cc1I. The fraction of sp³-hybridized carbons (Fsp3) is 0.417. The van der Waals surface area contributed by atoms with Crippen LogP contribution in [0.4, 0.5) is 0 Å². The van der Waals surface area contributed by atoms with Gasteiger partial charge in [-0.05, 0) is 59.0 Å². The molecule has 0 spiro atoms. The van der Waals surface area contributed by atoms with Gasteiger partial charge in [0.15, 0.2) is 0 Å². The number of aryl methyl sites for hydroxylation is 1. The molecule has 14 heavy (non-hydrogen) atoms. The van der Waals surface area contributed by atoms with E-state index >= 15 is 0 Å². The maximum Gasteiger partial charge on any atom is 0.133 e. The minimum Gasteiger partial charge on any atom is -0.300 e. The van der Waals surface area contributed by atoms with Gasteiger partial charge in [0.2, 0.25) is 0 Å². The summed E-state index contributed by atoms with van der Waals surface area (Å²) in [5, 5.41) is 0. The van der Waals surface area contributed by atoms with Crippen LogP contribution in [0.25, 0.3) is 0 Å². The average Bonchev–Trinajstić information content (AvgIpc) is 2.57. The lowest BCUT2D eigenvalue weighted by atomic mass is 9.97. The van der Waals surface area contributed by atoms with Crippen LogP contribution in [0.1, 0.15) is 36.3 Å². The molecule has 1 saturated carbocycles. The number of benzene rings is 1. The van der Waals surface area contributed by atoms with Crippen LogP contribution in [-0.2, 0) is 4.79 Å². The molecule has 0 amide bonds. The first-order chi connectivity index (χ1) is 6.66. The minimum atomic E-state index is 0.422. The van der Waals surface area contributed by atoms with E-state index in [2.05, 4.69) is 47.7 Å². The lowest BCUT2D eigenvalue weighted by Crippen LogP contribution is -1.95. The number of halogens is 1. The quantitative estimate of drug-likeness (QED) is 0.726. The molecule has 0 heterocycles. The average molecular weight is 300 g/mol. The monoisotopic (exact) mass is 300 g/mol. The molecule has 0 bridgehead atoms. The Labute approximate surface area is 98.0 Å². The molecule has 0 saturated heterocycles. The zero-order valence-electron chi connectivity index (χ0n) is 8.22. The number of carbonyl (C=O) groups is 1. The van der Waals surface area contributed by atoms with E-state index in [9.17, 15) is 4.79 Å². The van der Waals surface area contributed by atoms with Crippen LogP contribution in [0, 0.1) is 10.5 Å². The summed E-state index contributed by atoms with van der Waals surface area (Å²) in [6.45, 7) is 2.12. The summed E-state index contributed by atoms with van der Waals surface area (Å²) >= 11 is 2.36. The summed E-state index contributed by atoms with van der Waals surface area (Å²) in [6.07, 6.45) is 2.56. The Bertz CT molecular complexity index is 371. The van der Waals surface area contributed by atoms with Gasteiger partial charge in [-0.15, -0.1) is 0 Å². The Kier molecular flexibility index (Phi) is 2.91. The van der Waals surface area contributed by atoms with E-state index in [1.54, 1.807) is 0 Å². The lowest BCUT2D eigenvalue weighted by molar-refractivity contribution is -0.117. The molecule has 1 aliphatic carbocycles. The zero-order valence-corrected chi connectivity index (χ0v) is 10.4. The molecule has 2 heteroatoms. The maximum atomic E-state index is 11.2. The third-order valence-electron chi connectivity index (χ3n) is 2.91. The van der Waals surface area contributed by atoms with Crippen LogP contribution >= 0.6 is 22.6 Å². The number of carbonyl (C=O) groups excluding carboxylic acids is 1. The highest BCUT2D eigenvalue weighted by Gasteiger charge is 2.23. The van der Waals surface area contributed by atoms with Crippen LogP contribution < -0.4 is 0 Å². The third kappa shape index (κ3) is 2.00. The largest absolute Gasteiger partial charge is 0.300 e. The molecule has 1 atom stereocenters. The summed E-state index contributed by atoms with van der Waals surface area (Å²) in [5.74, 6) is 0.905. The Morgan fingerprint density at radius 3 is 2.79 bits per heavy atom. The molecule has 74 valence electrons. The smallest absolute Gasteiger partial charge is 0.133 e. The van der Waals surface area contributed by atoms with Crippen molar-refractivity contribution in [3.8, 4) is 0 Å². The second-order valence-corrected chi connectivity index (χ2v) is 5.15. The standard InChI is InChI=1S/C12H13IO/c1-8-2-3-10(7-12(8)13)9-4-5-11(14)6-9/h2-3,7,9H,4-6H2,1H3. The maximum absolute atomic E-state index is 11.2. The molecule has 1 aromatic rings.